The molecule has 4 nitrogen and oxygen atoms in total. The molecule has 0 unspecified atom stereocenters. The number of hydrogen-bond acceptors (Lipinski definition) is 4. The third-order valence-corrected chi connectivity index (χ3v) is 1.97. The van der Waals surface area contributed by atoms with E-state index in [9.17, 15) is 0 Å². The molecule has 0 aliphatic heterocycles. The first-order chi connectivity index (χ1) is 6.75. The second kappa shape index (κ2) is 5.78. The van der Waals surface area contributed by atoms with Crippen LogP contribution in [0.4, 0.5) is 0 Å². The van der Waals surface area contributed by atoms with E-state index in [1.807, 2.05) is 0 Å². The van der Waals surface area contributed by atoms with E-state index < -0.39 is 0 Å². The maximum Gasteiger partial charge on any atom is 0.181 e. The van der Waals surface area contributed by atoms with Crippen molar-refractivity contribution in [3.63, 3.8) is 0 Å². The molecule has 0 radical (unpaired) electrons. The van der Waals surface area contributed by atoms with Crippen LogP contribution in [-0.4, -0.2) is 25.2 Å². The number of ether oxygens (including phenoxy) is 1. The highest BCUT2D eigenvalue weighted by atomic mass is 16.5. The smallest absolute Gasteiger partial charge is 0.181 e. The van der Waals surface area contributed by atoms with Gasteiger partial charge in [-0.25, -0.2) is 4.98 Å². The maximum absolute atomic E-state index is 5.30. The van der Waals surface area contributed by atoms with Crippen molar-refractivity contribution in [3.05, 3.63) is 17.8 Å². The van der Waals surface area contributed by atoms with Crippen LogP contribution in [0.25, 0.3) is 0 Å². The first-order valence-corrected chi connectivity index (χ1v) is 4.87. The van der Waals surface area contributed by atoms with E-state index in [2.05, 4.69) is 24.1 Å². The summed E-state index contributed by atoms with van der Waals surface area (Å²) in [4.78, 5) is 4.17. The molecule has 4 heteroatoms. The van der Waals surface area contributed by atoms with Crippen LogP contribution in [-0.2, 0) is 11.3 Å². The lowest BCUT2D eigenvalue weighted by Gasteiger charge is -2.05. The topological polar surface area (TPSA) is 47.3 Å². The van der Waals surface area contributed by atoms with Gasteiger partial charge in [-0.1, -0.05) is 13.8 Å². The zero-order valence-electron chi connectivity index (χ0n) is 9.04. The molecule has 0 spiro atoms. The van der Waals surface area contributed by atoms with Crippen LogP contribution >= 0.6 is 0 Å². The Hall–Kier alpha value is -0.870. The van der Waals surface area contributed by atoms with Crippen molar-refractivity contribution < 1.29 is 9.15 Å². The lowest BCUT2D eigenvalue weighted by atomic mass is 10.1. The van der Waals surface area contributed by atoms with Gasteiger partial charge in [-0.05, 0) is 0 Å². The van der Waals surface area contributed by atoms with E-state index >= 15 is 0 Å². The van der Waals surface area contributed by atoms with E-state index in [1.165, 1.54) is 6.39 Å². The number of nitrogens with one attached hydrogen (secondary N) is 1. The molecule has 0 atom stereocenters. The summed E-state index contributed by atoms with van der Waals surface area (Å²) in [6.07, 6.45) is 1.50. The van der Waals surface area contributed by atoms with Gasteiger partial charge in [0.2, 0.25) is 0 Å². The van der Waals surface area contributed by atoms with Gasteiger partial charge >= 0.3 is 0 Å². The number of aromatic nitrogens is 1. The van der Waals surface area contributed by atoms with Crippen LogP contribution in [0.3, 0.4) is 0 Å². The summed E-state index contributed by atoms with van der Waals surface area (Å²) in [7, 11) is 1.69. The second-order valence-corrected chi connectivity index (χ2v) is 3.49. The lowest BCUT2D eigenvalue weighted by Crippen LogP contribution is -2.19. The minimum absolute atomic E-state index is 0.386. The molecule has 0 aliphatic carbocycles. The molecule has 1 aromatic rings. The highest BCUT2D eigenvalue weighted by molar-refractivity contribution is 5.10. The summed E-state index contributed by atoms with van der Waals surface area (Å²) in [5, 5.41) is 3.24. The van der Waals surface area contributed by atoms with Crippen LogP contribution in [0.15, 0.2) is 10.8 Å². The summed E-state index contributed by atoms with van der Waals surface area (Å²) < 4.78 is 10.2. The number of methoxy groups -OCH3 is 1. The highest BCUT2D eigenvalue weighted by Gasteiger charge is 2.10. The Labute approximate surface area is 84.7 Å². The predicted molar refractivity (Wildman–Crippen MR) is 54.2 cm³/mol. The summed E-state index contributed by atoms with van der Waals surface area (Å²) in [6.45, 7) is 6.49. The molecule has 80 valence electrons. The summed E-state index contributed by atoms with van der Waals surface area (Å²) in [5.41, 5.74) is 0.996. The van der Waals surface area contributed by atoms with E-state index in [0.717, 1.165) is 31.2 Å². The highest BCUT2D eigenvalue weighted by Crippen LogP contribution is 2.17. The molecule has 0 bridgehead atoms. The third kappa shape index (κ3) is 3.12. The Morgan fingerprint density at radius 3 is 3.00 bits per heavy atom. The Balaban J connectivity index is 2.38. The molecule has 14 heavy (non-hydrogen) atoms. The monoisotopic (exact) mass is 198 g/mol. The molecule has 0 saturated heterocycles. The molecule has 0 aromatic carbocycles. The van der Waals surface area contributed by atoms with Crippen LogP contribution in [0, 0.1) is 0 Å². The van der Waals surface area contributed by atoms with Crippen molar-refractivity contribution in [2.45, 2.75) is 26.3 Å². The SMILES string of the molecule is COCCNCc1ncoc1C(C)C. The van der Waals surface area contributed by atoms with Gasteiger partial charge in [0.25, 0.3) is 0 Å². The number of nitrogens with zero attached hydrogens (tertiary/aromatic N) is 1. The normalized spacial score (nSPS) is 11.1. The van der Waals surface area contributed by atoms with Gasteiger partial charge in [0.1, 0.15) is 5.76 Å². The molecule has 0 fully saturated rings. The average Bonchev–Trinajstić information content (AvgIpc) is 2.60. The third-order valence-electron chi connectivity index (χ3n) is 1.97. The van der Waals surface area contributed by atoms with Gasteiger partial charge in [-0.2, -0.15) is 0 Å². The number of rotatable bonds is 6. The minimum atomic E-state index is 0.386. The Kier molecular flexibility index (Phi) is 4.62. The predicted octanol–water partition coefficient (Wildman–Crippen LogP) is 1.53. The molecule has 1 rings (SSSR count). The summed E-state index contributed by atoms with van der Waals surface area (Å²) in [5.74, 6) is 1.35. The van der Waals surface area contributed by atoms with Crippen LogP contribution in [0.1, 0.15) is 31.2 Å². The van der Waals surface area contributed by atoms with Gasteiger partial charge in [-0.15, -0.1) is 0 Å². The zero-order chi connectivity index (χ0) is 10.4. The fraction of sp³-hybridized carbons (Fsp3) is 0.700. The van der Waals surface area contributed by atoms with Gasteiger partial charge in [0.15, 0.2) is 6.39 Å². The van der Waals surface area contributed by atoms with E-state index in [-0.39, 0.29) is 0 Å². The summed E-state index contributed by atoms with van der Waals surface area (Å²) >= 11 is 0. The Morgan fingerprint density at radius 1 is 1.57 bits per heavy atom. The first-order valence-electron chi connectivity index (χ1n) is 4.87. The van der Waals surface area contributed by atoms with Crippen LogP contribution < -0.4 is 5.32 Å². The van der Waals surface area contributed by atoms with Crippen molar-refractivity contribution in [2.75, 3.05) is 20.3 Å². The van der Waals surface area contributed by atoms with Gasteiger partial charge in [0.05, 0.1) is 12.3 Å². The van der Waals surface area contributed by atoms with Gasteiger partial charge in [0, 0.05) is 26.1 Å². The lowest BCUT2D eigenvalue weighted by molar-refractivity contribution is 0.199. The second-order valence-electron chi connectivity index (χ2n) is 3.49. The average molecular weight is 198 g/mol. The first kappa shape index (κ1) is 11.2. The van der Waals surface area contributed by atoms with Crippen LogP contribution in [0.2, 0.25) is 0 Å². The largest absolute Gasteiger partial charge is 0.448 e. The molecule has 0 amide bonds. The fourth-order valence-corrected chi connectivity index (χ4v) is 1.26. The van der Waals surface area contributed by atoms with Crippen molar-refractivity contribution >= 4 is 0 Å². The van der Waals surface area contributed by atoms with Gasteiger partial charge < -0.3 is 14.5 Å². The van der Waals surface area contributed by atoms with E-state index in [4.69, 9.17) is 9.15 Å². The molecular formula is C10H18N2O2. The van der Waals surface area contributed by atoms with Crippen molar-refractivity contribution in [3.8, 4) is 0 Å². The molecule has 0 aliphatic rings. The quantitative estimate of drug-likeness (QED) is 0.704. The zero-order valence-corrected chi connectivity index (χ0v) is 9.04. The number of oxazole rings is 1. The maximum atomic E-state index is 5.30. The van der Waals surface area contributed by atoms with Gasteiger partial charge in [-0.3, -0.25) is 0 Å². The number of hydrogen-bond donors (Lipinski definition) is 1. The minimum Gasteiger partial charge on any atom is -0.448 e. The fourth-order valence-electron chi connectivity index (χ4n) is 1.26. The van der Waals surface area contributed by atoms with Crippen molar-refractivity contribution in [2.24, 2.45) is 0 Å². The van der Waals surface area contributed by atoms with E-state index in [0.29, 0.717) is 5.92 Å². The summed E-state index contributed by atoms with van der Waals surface area (Å²) in [6, 6.07) is 0. The Bertz CT molecular complexity index is 258. The molecule has 0 saturated carbocycles. The molecule has 1 N–H and O–H groups in total. The van der Waals surface area contributed by atoms with Crippen LogP contribution in [0.5, 0.6) is 0 Å². The molecule has 1 heterocycles. The Morgan fingerprint density at radius 2 is 2.36 bits per heavy atom. The van der Waals surface area contributed by atoms with Crippen molar-refractivity contribution in [1.29, 1.82) is 0 Å². The van der Waals surface area contributed by atoms with Crippen molar-refractivity contribution in [1.82, 2.24) is 10.3 Å². The molecule has 1 aromatic heterocycles. The molecular weight excluding hydrogens is 180 g/mol. The standard InChI is InChI=1S/C10H18N2O2/c1-8(2)10-9(12-7-14-10)6-11-4-5-13-3/h7-8,11H,4-6H2,1-3H3. The van der Waals surface area contributed by atoms with E-state index in [1.54, 1.807) is 7.11 Å².